The maximum absolute atomic E-state index is 5.79. The van der Waals surface area contributed by atoms with Gasteiger partial charge in [0.2, 0.25) is 5.28 Å². The van der Waals surface area contributed by atoms with Crippen molar-refractivity contribution in [1.82, 2.24) is 19.4 Å². The summed E-state index contributed by atoms with van der Waals surface area (Å²) in [6, 6.07) is 5.80. The van der Waals surface area contributed by atoms with Gasteiger partial charge in [-0.3, -0.25) is 4.40 Å². The number of pyridine rings is 1. The quantitative estimate of drug-likeness (QED) is 0.497. The zero-order valence-electron chi connectivity index (χ0n) is 8.51. The van der Waals surface area contributed by atoms with Crippen molar-refractivity contribution >= 4 is 39.8 Å². The Balaban J connectivity index is 2.28. The fourth-order valence-corrected chi connectivity index (χ4v) is 2.40. The number of hydrogen-bond donors (Lipinski definition) is 0. The first kappa shape index (κ1) is 10.9. The zero-order valence-corrected chi connectivity index (χ0v) is 11.4. The molecule has 0 fully saturated rings. The molecular weight excluding hydrogens is 351 g/mol. The van der Waals surface area contributed by atoms with Crippen LogP contribution in [0.4, 0.5) is 0 Å². The van der Waals surface area contributed by atoms with Gasteiger partial charge in [-0.1, -0.05) is 0 Å². The minimum Gasteiger partial charge on any atom is -0.297 e. The molecule has 0 saturated heterocycles. The minimum atomic E-state index is 0.239. The summed E-state index contributed by atoms with van der Waals surface area (Å²) in [5.41, 5.74) is 2.58. The van der Waals surface area contributed by atoms with E-state index in [9.17, 15) is 0 Å². The molecule has 0 N–H and O–H groups in total. The fraction of sp³-hybridized carbons (Fsp3) is 0. The number of fused-ring (bicyclic) bond motifs is 1. The maximum atomic E-state index is 5.79. The largest absolute Gasteiger partial charge is 0.297 e. The molecule has 3 heterocycles. The second-order valence-corrected chi connectivity index (χ2v) is 4.90. The van der Waals surface area contributed by atoms with Crippen LogP contribution in [0, 0.1) is 3.57 Å². The lowest BCUT2D eigenvalue weighted by Crippen LogP contribution is -1.92. The lowest BCUT2D eigenvalue weighted by atomic mass is 10.3. The number of imidazole rings is 1. The Morgan fingerprint density at radius 3 is 2.94 bits per heavy atom. The van der Waals surface area contributed by atoms with Crippen LogP contribution in [0.25, 0.3) is 17.0 Å². The van der Waals surface area contributed by atoms with E-state index in [1.54, 1.807) is 12.4 Å². The third kappa shape index (κ3) is 1.89. The standard InChI is InChI=1S/C11H6ClIN4/c12-11-14-4-3-8(16-11)9-6-15-10-7(13)2-1-5-17(9)10/h1-6H. The SMILES string of the molecule is Clc1nccc(-c2cnc3c(I)cccn23)n1. The molecule has 0 aromatic carbocycles. The second-order valence-electron chi connectivity index (χ2n) is 3.40. The van der Waals surface area contributed by atoms with Gasteiger partial charge >= 0.3 is 0 Å². The normalized spacial score (nSPS) is 10.9. The molecule has 0 atom stereocenters. The fourth-order valence-electron chi connectivity index (χ4n) is 1.64. The summed E-state index contributed by atoms with van der Waals surface area (Å²) in [5.74, 6) is 0. The van der Waals surface area contributed by atoms with Crippen LogP contribution in [0.3, 0.4) is 0 Å². The molecule has 0 aliphatic rings. The van der Waals surface area contributed by atoms with Crippen LogP contribution in [0.2, 0.25) is 5.28 Å². The molecule has 3 aromatic rings. The molecule has 0 aliphatic carbocycles. The summed E-state index contributed by atoms with van der Waals surface area (Å²) in [6.07, 6.45) is 5.38. The Bertz CT molecular complexity index is 695. The van der Waals surface area contributed by atoms with E-state index < -0.39 is 0 Å². The molecule has 3 rings (SSSR count). The van der Waals surface area contributed by atoms with Gasteiger partial charge in [-0.25, -0.2) is 15.0 Å². The third-order valence-corrected chi connectivity index (χ3v) is 3.40. The Kier molecular flexibility index (Phi) is 2.71. The summed E-state index contributed by atoms with van der Waals surface area (Å²) >= 11 is 8.05. The van der Waals surface area contributed by atoms with E-state index in [1.165, 1.54) is 0 Å². The molecule has 0 saturated carbocycles. The van der Waals surface area contributed by atoms with Gasteiger partial charge in [0.05, 0.1) is 21.2 Å². The molecule has 84 valence electrons. The first-order valence-corrected chi connectivity index (χ1v) is 6.32. The summed E-state index contributed by atoms with van der Waals surface area (Å²) in [4.78, 5) is 12.4. The molecule has 0 unspecified atom stereocenters. The molecule has 0 amide bonds. The highest BCUT2D eigenvalue weighted by Gasteiger charge is 2.09. The van der Waals surface area contributed by atoms with Crippen molar-refractivity contribution < 1.29 is 0 Å². The van der Waals surface area contributed by atoms with Gasteiger partial charge in [-0.05, 0) is 52.4 Å². The highest BCUT2D eigenvalue weighted by atomic mass is 127. The van der Waals surface area contributed by atoms with E-state index >= 15 is 0 Å². The monoisotopic (exact) mass is 356 g/mol. The van der Waals surface area contributed by atoms with E-state index in [1.807, 2.05) is 28.8 Å². The van der Waals surface area contributed by atoms with Crippen LogP contribution in [0.5, 0.6) is 0 Å². The van der Waals surface area contributed by atoms with Crippen LogP contribution >= 0.6 is 34.2 Å². The number of nitrogens with zero attached hydrogens (tertiary/aromatic N) is 4. The molecule has 6 heteroatoms. The van der Waals surface area contributed by atoms with Crippen molar-refractivity contribution in [2.45, 2.75) is 0 Å². The van der Waals surface area contributed by atoms with Gasteiger partial charge in [0.15, 0.2) is 5.65 Å². The molecule has 0 bridgehead atoms. The smallest absolute Gasteiger partial charge is 0.222 e. The van der Waals surface area contributed by atoms with E-state index in [2.05, 4.69) is 37.5 Å². The summed E-state index contributed by atoms with van der Waals surface area (Å²) in [6.45, 7) is 0. The van der Waals surface area contributed by atoms with Gasteiger partial charge < -0.3 is 0 Å². The molecule has 3 aromatic heterocycles. The molecule has 0 aliphatic heterocycles. The maximum Gasteiger partial charge on any atom is 0.222 e. The lowest BCUT2D eigenvalue weighted by Gasteiger charge is -2.01. The van der Waals surface area contributed by atoms with Gasteiger partial charge in [0, 0.05) is 12.4 Å². The average Bonchev–Trinajstić information content (AvgIpc) is 2.74. The third-order valence-electron chi connectivity index (χ3n) is 2.38. The summed E-state index contributed by atoms with van der Waals surface area (Å²) in [5, 5.41) is 0.239. The Morgan fingerprint density at radius 1 is 1.24 bits per heavy atom. The molecular formula is C11H6ClIN4. The van der Waals surface area contributed by atoms with Crippen LogP contribution in [-0.4, -0.2) is 19.4 Å². The number of rotatable bonds is 1. The lowest BCUT2D eigenvalue weighted by molar-refractivity contribution is 1.12. The van der Waals surface area contributed by atoms with E-state index in [0.717, 1.165) is 20.6 Å². The number of aromatic nitrogens is 4. The molecule has 4 nitrogen and oxygen atoms in total. The molecule has 0 spiro atoms. The summed E-state index contributed by atoms with van der Waals surface area (Å²) in [7, 11) is 0. The highest BCUT2D eigenvalue weighted by molar-refractivity contribution is 14.1. The first-order valence-electron chi connectivity index (χ1n) is 4.86. The zero-order chi connectivity index (χ0) is 11.8. The second kappa shape index (κ2) is 4.23. The van der Waals surface area contributed by atoms with Crippen molar-refractivity contribution in [3.8, 4) is 11.4 Å². The molecule has 0 radical (unpaired) electrons. The Hall–Kier alpha value is -1.21. The van der Waals surface area contributed by atoms with Crippen LogP contribution < -0.4 is 0 Å². The predicted octanol–water partition coefficient (Wildman–Crippen LogP) is 3.05. The van der Waals surface area contributed by atoms with Crippen molar-refractivity contribution in [1.29, 1.82) is 0 Å². The highest BCUT2D eigenvalue weighted by Crippen LogP contribution is 2.21. The Labute approximate surface area is 116 Å². The Morgan fingerprint density at radius 2 is 2.12 bits per heavy atom. The van der Waals surface area contributed by atoms with E-state index in [4.69, 9.17) is 11.6 Å². The average molecular weight is 357 g/mol. The number of halogens is 2. The molecule has 17 heavy (non-hydrogen) atoms. The topological polar surface area (TPSA) is 43.1 Å². The van der Waals surface area contributed by atoms with Gasteiger partial charge in [0.25, 0.3) is 0 Å². The summed E-state index contributed by atoms with van der Waals surface area (Å²) < 4.78 is 3.08. The van der Waals surface area contributed by atoms with Crippen molar-refractivity contribution in [2.24, 2.45) is 0 Å². The van der Waals surface area contributed by atoms with Gasteiger partial charge in [-0.2, -0.15) is 0 Å². The van der Waals surface area contributed by atoms with Crippen LogP contribution in [0.1, 0.15) is 0 Å². The van der Waals surface area contributed by atoms with Crippen LogP contribution in [-0.2, 0) is 0 Å². The van der Waals surface area contributed by atoms with E-state index in [-0.39, 0.29) is 5.28 Å². The first-order chi connectivity index (χ1) is 8.25. The van der Waals surface area contributed by atoms with Gasteiger partial charge in [0.1, 0.15) is 0 Å². The van der Waals surface area contributed by atoms with Crippen molar-refractivity contribution in [3.05, 3.63) is 45.6 Å². The van der Waals surface area contributed by atoms with Crippen molar-refractivity contribution in [3.63, 3.8) is 0 Å². The predicted molar refractivity (Wildman–Crippen MR) is 73.9 cm³/mol. The van der Waals surface area contributed by atoms with E-state index in [0.29, 0.717) is 0 Å². The van der Waals surface area contributed by atoms with Crippen LogP contribution in [0.15, 0.2) is 36.8 Å². The van der Waals surface area contributed by atoms with Gasteiger partial charge in [-0.15, -0.1) is 0 Å². The number of hydrogen-bond acceptors (Lipinski definition) is 3. The minimum absolute atomic E-state index is 0.239. The van der Waals surface area contributed by atoms with Crippen molar-refractivity contribution in [2.75, 3.05) is 0 Å².